The van der Waals surface area contributed by atoms with Gasteiger partial charge in [0.2, 0.25) is 0 Å². The molecular weight excluding hydrogens is 212 g/mol. The van der Waals surface area contributed by atoms with Gasteiger partial charge in [0, 0.05) is 31.9 Å². The Hall–Kier alpha value is -1.29. The fraction of sp³-hybridized carbons (Fsp3) is 0.615. The highest BCUT2D eigenvalue weighted by atomic mass is 15.2. The highest BCUT2D eigenvalue weighted by Crippen LogP contribution is 2.28. The van der Waals surface area contributed by atoms with Crippen molar-refractivity contribution in [2.24, 2.45) is 0 Å². The Morgan fingerprint density at radius 2 is 2.00 bits per heavy atom. The normalized spacial score (nSPS) is 19.1. The predicted octanol–water partition coefficient (Wildman–Crippen LogP) is 1.70. The van der Waals surface area contributed by atoms with Crippen molar-refractivity contribution in [2.45, 2.75) is 25.3 Å². The van der Waals surface area contributed by atoms with Crippen LogP contribution in [0.4, 0.5) is 11.5 Å². The molecule has 1 fully saturated rings. The van der Waals surface area contributed by atoms with Crippen LogP contribution in [-0.4, -0.2) is 37.7 Å². The summed E-state index contributed by atoms with van der Waals surface area (Å²) < 4.78 is 0. The van der Waals surface area contributed by atoms with Crippen LogP contribution in [0.25, 0.3) is 0 Å². The van der Waals surface area contributed by atoms with Crippen LogP contribution >= 0.6 is 0 Å². The number of hydrogen-bond donors (Lipinski definition) is 2. The van der Waals surface area contributed by atoms with Crippen molar-refractivity contribution in [3.05, 3.63) is 18.3 Å². The second-order valence-electron chi connectivity index (χ2n) is 4.92. The van der Waals surface area contributed by atoms with Gasteiger partial charge in [0.25, 0.3) is 0 Å². The molecule has 94 valence electrons. The number of nitrogens with zero attached hydrogens (tertiary/aromatic N) is 2. The number of anilines is 2. The second-order valence-corrected chi connectivity index (χ2v) is 4.92. The molecule has 4 heteroatoms. The van der Waals surface area contributed by atoms with Crippen LogP contribution in [0.15, 0.2) is 18.3 Å². The van der Waals surface area contributed by atoms with Gasteiger partial charge in [0.05, 0.1) is 5.69 Å². The van der Waals surface area contributed by atoms with Gasteiger partial charge in [-0.1, -0.05) is 0 Å². The minimum absolute atomic E-state index is 0.283. The lowest BCUT2D eigenvalue weighted by Gasteiger charge is -2.40. The molecule has 17 heavy (non-hydrogen) atoms. The van der Waals surface area contributed by atoms with E-state index in [1.807, 2.05) is 19.3 Å². The lowest BCUT2D eigenvalue weighted by Crippen LogP contribution is -2.50. The first kappa shape index (κ1) is 12.2. The minimum Gasteiger partial charge on any atom is -0.385 e. The van der Waals surface area contributed by atoms with E-state index >= 15 is 0 Å². The molecular formula is C13H22N4. The number of rotatable bonds is 3. The third-order valence-corrected chi connectivity index (χ3v) is 3.83. The molecule has 0 aromatic carbocycles. The van der Waals surface area contributed by atoms with E-state index < -0.39 is 0 Å². The topological polar surface area (TPSA) is 40.2 Å². The molecule has 1 aromatic heterocycles. The van der Waals surface area contributed by atoms with Gasteiger partial charge in [-0.25, -0.2) is 4.98 Å². The van der Waals surface area contributed by atoms with Crippen molar-refractivity contribution in [1.29, 1.82) is 0 Å². The highest BCUT2D eigenvalue weighted by molar-refractivity contribution is 5.65. The molecule has 0 unspecified atom stereocenters. The quantitative estimate of drug-likeness (QED) is 0.835. The van der Waals surface area contributed by atoms with Crippen LogP contribution in [0.3, 0.4) is 0 Å². The van der Waals surface area contributed by atoms with Crippen LogP contribution < -0.4 is 15.5 Å². The first-order valence-electron chi connectivity index (χ1n) is 6.25. The van der Waals surface area contributed by atoms with Crippen molar-refractivity contribution in [3.63, 3.8) is 0 Å². The molecule has 0 atom stereocenters. The summed E-state index contributed by atoms with van der Waals surface area (Å²) in [7, 11) is 4.00. The summed E-state index contributed by atoms with van der Waals surface area (Å²) in [4.78, 5) is 6.86. The summed E-state index contributed by atoms with van der Waals surface area (Å²) in [5.41, 5.74) is 1.39. The Kier molecular flexibility index (Phi) is 3.52. The third-order valence-electron chi connectivity index (χ3n) is 3.83. The maximum absolute atomic E-state index is 4.49. The fourth-order valence-corrected chi connectivity index (χ4v) is 2.31. The second kappa shape index (κ2) is 4.92. The zero-order valence-corrected chi connectivity index (χ0v) is 11.0. The molecule has 0 radical (unpaired) electrons. The Morgan fingerprint density at radius 1 is 1.29 bits per heavy atom. The zero-order chi connectivity index (χ0) is 12.3. The molecule has 1 aliphatic heterocycles. The molecule has 0 aliphatic carbocycles. The standard InChI is InChI=1S/C13H22N4/c1-13(15-3)6-9-17(10-7-13)12-11(14-2)5-4-8-16-12/h4-5,8,14-15H,6-7,9-10H2,1-3H3. The van der Waals surface area contributed by atoms with E-state index in [9.17, 15) is 0 Å². The van der Waals surface area contributed by atoms with Gasteiger partial charge < -0.3 is 15.5 Å². The molecule has 2 N–H and O–H groups in total. The van der Waals surface area contributed by atoms with E-state index in [1.54, 1.807) is 0 Å². The Morgan fingerprint density at radius 3 is 2.59 bits per heavy atom. The van der Waals surface area contributed by atoms with Gasteiger partial charge in [-0.15, -0.1) is 0 Å². The smallest absolute Gasteiger partial charge is 0.151 e. The van der Waals surface area contributed by atoms with Gasteiger partial charge in [-0.3, -0.25) is 0 Å². The summed E-state index contributed by atoms with van der Waals surface area (Å²) in [5.74, 6) is 1.08. The zero-order valence-electron chi connectivity index (χ0n) is 11.0. The lowest BCUT2D eigenvalue weighted by molar-refractivity contribution is 0.304. The van der Waals surface area contributed by atoms with Crippen LogP contribution in [0.1, 0.15) is 19.8 Å². The Bertz CT molecular complexity index is 369. The van der Waals surface area contributed by atoms with Gasteiger partial charge in [-0.2, -0.15) is 0 Å². The van der Waals surface area contributed by atoms with E-state index in [4.69, 9.17) is 0 Å². The van der Waals surface area contributed by atoms with Crippen molar-refractivity contribution >= 4 is 11.5 Å². The van der Waals surface area contributed by atoms with Gasteiger partial charge >= 0.3 is 0 Å². The summed E-state index contributed by atoms with van der Waals surface area (Å²) in [6, 6.07) is 4.05. The summed E-state index contributed by atoms with van der Waals surface area (Å²) >= 11 is 0. The Labute approximate surface area is 103 Å². The first-order valence-corrected chi connectivity index (χ1v) is 6.25. The molecule has 0 saturated carbocycles. The number of piperidine rings is 1. The molecule has 0 bridgehead atoms. The first-order chi connectivity index (χ1) is 8.18. The average Bonchev–Trinajstić information content (AvgIpc) is 2.40. The molecule has 1 saturated heterocycles. The largest absolute Gasteiger partial charge is 0.385 e. The van der Waals surface area contributed by atoms with E-state index in [0.29, 0.717) is 0 Å². The van der Waals surface area contributed by atoms with Crippen molar-refractivity contribution in [3.8, 4) is 0 Å². The van der Waals surface area contributed by atoms with Crippen LogP contribution in [0.2, 0.25) is 0 Å². The molecule has 0 amide bonds. The lowest BCUT2D eigenvalue weighted by atomic mass is 9.90. The molecule has 2 rings (SSSR count). The van der Waals surface area contributed by atoms with Gasteiger partial charge in [0.15, 0.2) is 5.82 Å². The number of aromatic nitrogens is 1. The molecule has 1 aromatic rings. The van der Waals surface area contributed by atoms with Crippen molar-refractivity contribution in [1.82, 2.24) is 10.3 Å². The average molecular weight is 234 g/mol. The molecule has 4 nitrogen and oxygen atoms in total. The molecule has 1 aliphatic rings. The van der Waals surface area contributed by atoms with Gasteiger partial charge in [-0.05, 0) is 38.9 Å². The fourth-order valence-electron chi connectivity index (χ4n) is 2.31. The molecule has 2 heterocycles. The van der Waals surface area contributed by atoms with E-state index in [0.717, 1.165) is 37.4 Å². The van der Waals surface area contributed by atoms with Crippen molar-refractivity contribution in [2.75, 3.05) is 37.4 Å². The SMILES string of the molecule is CNc1cccnc1N1CCC(C)(NC)CC1. The van der Waals surface area contributed by atoms with Crippen LogP contribution in [0.5, 0.6) is 0 Å². The monoisotopic (exact) mass is 234 g/mol. The maximum Gasteiger partial charge on any atom is 0.151 e. The predicted molar refractivity (Wildman–Crippen MR) is 72.7 cm³/mol. The summed E-state index contributed by atoms with van der Waals surface area (Å²) in [6.07, 6.45) is 4.18. The number of pyridine rings is 1. The maximum atomic E-state index is 4.49. The van der Waals surface area contributed by atoms with E-state index in [2.05, 4.69) is 40.6 Å². The van der Waals surface area contributed by atoms with Gasteiger partial charge in [0.1, 0.15) is 0 Å². The van der Waals surface area contributed by atoms with Crippen LogP contribution in [0, 0.1) is 0 Å². The van der Waals surface area contributed by atoms with E-state index in [-0.39, 0.29) is 5.54 Å². The van der Waals surface area contributed by atoms with Crippen molar-refractivity contribution < 1.29 is 0 Å². The minimum atomic E-state index is 0.283. The number of hydrogen-bond acceptors (Lipinski definition) is 4. The Balaban J connectivity index is 2.10. The molecule has 0 spiro atoms. The third kappa shape index (κ3) is 2.52. The number of nitrogens with one attached hydrogen (secondary N) is 2. The van der Waals surface area contributed by atoms with Crippen LogP contribution in [-0.2, 0) is 0 Å². The highest BCUT2D eigenvalue weighted by Gasteiger charge is 2.29. The summed E-state index contributed by atoms with van der Waals surface area (Å²) in [5, 5.41) is 6.63. The summed E-state index contributed by atoms with van der Waals surface area (Å²) in [6.45, 7) is 4.41. The van der Waals surface area contributed by atoms with E-state index in [1.165, 1.54) is 0 Å².